The van der Waals surface area contributed by atoms with Gasteiger partial charge in [-0.25, -0.2) is 0 Å². The topological polar surface area (TPSA) is 70.6 Å². The maximum atomic E-state index is 11.4. The first kappa shape index (κ1) is 13.5. The van der Waals surface area contributed by atoms with E-state index in [4.69, 9.17) is 4.74 Å². The summed E-state index contributed by atoms with van der Waals surface area (Å²) in [5, 5.41) is 15.0. The first-order valence-corrected chi connectivity index (χ1v) is 4.70. The number of hydrogen-bond donors (Lipinski definition) is 3. The molecule has 0 aromatic heterocycles. The number of Topliss-reactive ketones (excluding diaryl/α,β-unsaturated/α-hetero) is 1. The summed E-state index contributed by atoms with van der Waals surface area (Å²) in [6.45, 7) is 0.275. The van der Waals surface area contributed by atoms with Crippen molar-refractivity contribution in [2.45, 2.75) is 25.1 Å². The maximum absolute atomic E-state index is 11.4. The maximum Gasteiger partial charge on any atom is 0.164 e. The second kappa shape index (κ2) is 7.87. The lowest BCUT2D eigenvalue weighted by atomic mass is 10.1. The van der Waals surface area contributed by atoms with Gasteiger partial charge in [-0.05, 0) is 20.5 Å². The van der Waals surface area contributed by atoms with Crippen LogP contribution in [0.15, 0.2) is 0 Å². The van der Waals surface area contributed by atoms with Crippen LogP contribution in [0.2, 0.25) is 0 Å². The van der Waals surface area contributed by atoms with Gasteiger partial charge < -0.3 is 9.84 Å². The number of carbonyl (C=O) groups is 1. The number of methoxy groups -OCH3 is 1. The molecule has 0 saturated carbocycles. The molecule has 0 radical (unpaired) electrons. The highest BCUT2D eigenvalue weighted by atomic mass is 16.5. The molecule has 0 fully saturated rings. The number of likely N-dealkylation sites (N-methyl/N-ethyl adjacent to an activating group) is 2. The minimum absolute atomic E-state index is 0.0464. The monoisotopic (exact) mass is 204 g/mol. The Morgan fingerprint density at radius 3 is 2.43 bits per heavy atom. The molecule has 0 aliphatic carbocycles. The minimum Gasteiger partial charge on any atom is -0.391 e. The predicted molar refractivity (Wildman–Crippen MR) is 54.0 cm³/mol. The highest BCUT2D eigenvalue weighted by Gasteiger charge is 2.15. The molecule has 0 aliphatic heterocycles. The summed E-state index contributed by atoms with van der Waals surface area (Å²) in [5.41, 5.74) is 0. The van der Waals surface area contributed by atoms with E-state index in [0.29, 0.717) is 12.8 Å². The number of carbonyl (C=O) groups excluding carboxylic acids is 1. The summed E-state index contributed by atoms with van der Waals surface area (Å²) < 4.78 is 4.76. The van der Waals surface area contributed by atoms with Gasteiger partial charge in [-0.15, -0.1) is 0 Å². The summed E-state index contributed by atoms with van der Waals surface area (Å²) >= 11 is 0. The molecule has 14 heavy (non-hydrogen) atoms. The minimum atomic E-state index is -0.557. The Balaban J connectivity index is 3.71. The van der Waals surface area contributed by atoms with Crippen molar-refractivity contribution in [3.05, 3.63) is 0 Å². The Morgan fingerprint density at radius 1 is 1.43 bits per heavy atom. The van der Waals surface area contributed by atoms with Crippen LogP contribution >= 0.6 is 0 Å². The number of aliphatic hydroxyl groups is 1. The van der Waals surface area contributed by atoms with Gasteiger partial charge in [0, 0.05) is 13.5 Å². The number of ether oxygens (including phenoxy) is 1. The van der Waals surface area contributed by atoms with Gasteiger partial charge in [-0.1, -0.05) is 0 Å². The molecule has 0 aromatic carbocycles. The van der Waals surface area contributed by atoms with E-state index in [1.165, 1.54) is 7.11 Å². The quantitative estimate of drug-likeness (QED) is 0.447. The highest BCUT2D eigenvalue weighted by molar-refractivity contribution is 5.83. The van der Waals surface area contributed by atoms with E-state index < -0.39 is 6.10 Å². The van der Waals surface area contributed by atoms with Crippen molar-refractivity contribution in [2.24, 2.45) is 0 Å². The Labute approximate surface area is 84.8 Å². The van der Waals surface area contributed by atoms with Crippen molar-refractivity contribution in [3.8, 4) is 0 Å². The molecule has 1 unspecified atom stereocenters. The summed E-state index contributed by atoms with van der Waals surface area (Å²) in [4.78, 5) is 11.4. The Morgan fingerprint density at radius 2 is 2.00 bits per heavy atom. The van der Waals surface area contributed by atoms with E-state index in [9.17, 15) is 9.90 Å². The Hall–Kier alpha value is -0.490. The molecule has 0 spiro atoms. The van der Waals surface area contributed by atoms with Crippen LogP contribution in [-0.4, -0.2) is 51.0 Å². The molecule has 3 N–H and O–H groups in total. The molecule has 0 aliphatic rings. The van der Waals surface area contributed by atoms with Crippen LogP contribution in [0.25, 0.3) is 0 Å². The molecule has 1 atom stereocenters. The van der Waals surface area contributed by atoms with Crippen LogP contribution in [0.3, 0.4) is 0 Å². The van der Waals surface area contributed by atoms with Crippen molar-refractivity contribution in [2.75, 3.05) is 27.8 Å². The Bertz CT molecular complexity index is 160. The van der Waals surface area contributed by atoms with E-state index in [2.05, 4.69) is 10.6 Å². The molecule has 5 nitrogen and oxygen atoms in total. The molecule has 0 saturated heterocycles. The number of ketones is 1. The number of hydrogen-bond acceptors (Lipinski definition) is 5. The van der Waals surface area contributed by atoms with Gasteiger partial charge >= 0.3 is 0 Å². The fourth-order valence-electron chi connectivity index (χ4n) is 1.20. The average molecular weight is 204 g/mol. The molecule has 5 heteroatoms. The fraction of sp³-hybridized carbons (Fsp3) is 0.889. The smallest absolute Gasteiger partial charge is 0.164 e. The second-order valence-electron chi connectivity index (χ2n) is 3.12. The largest absolute Gasteiger partial charge is 0.391 e. The first-order chi connectivity index (χ1) is 6.65. The predicted octanol–water partition coefficient (Wildman–Crippen LogP) is -0.892. The summed E-state index contributed by atoms with van der Waals surface area (Å²) in [6.07, 6.45) is -0.105. The lowest BCUT2D eigenvalue weighted by Gasteiger charge is -2.14. The third kappa shape index (κ3) is 5.29. The van der Waals surface area contributed by atoms with Crippen molar-refractivity contribution >= 4 is 5.78 Å². The van der Waals surface area contributed by atoms with Crippen LogP contribution in [0.4, 0.5) is 0 Å². The van der Waals surface area contributed by atoms with E-state index in [-0.39, 0.29) is 18.6 Å². The first-order valence-electron chi connectivity index (χ1n) is 4.70. The number of nitrogens with one attached hydrogen (secondary N) is 2. The van der Waals surface area contributed by atoms with Crippen molar-refractivity contribution < 1.29 is 14.6 Å². The van der Waals surface area contributed by atoms with Crippen LogP contribution < -0.4 is 10.6 Å². The summed E-state index contributed by atoms with van der Waals surface area (Å²) in [5.74, 6) is 0.0464. The lowest BCUT2D eigenvalue weighted by molar-refractivity contribution is -0.122. The zero-order chi connectivity index (χ0) is 11.0. The summed E-state index contributed by atoms with van der Waals surface area (Å²) in [6, 6.07) is 0. The van der Waals surface area contributed by atoms with E-state index in [1.807, 2.05) is 0 Å². The summed E-state index contributed by atoms with van der Waals surface area (Å²) in [7, 11) is 4.95. The van der Waals surface area contributed by atoms with E-state index >= 15 is 0 Å². The molecular weight excluding hydrogens is 184 g/mol. The van der Waals surface area contributed by atoms with Crippen molar-refractivity contribution in [1.82, 2.24) is 10.6 Å². The van der Waals surface area contributed by atoms with Gasteiger partial charge in [0.1, 0.15) is 6.17 Å². The van der Waals surface area contributed by atoms with Gasteiger partial charge in [0.25, 0.3) is 0 Å². The molecule has 84 valence electrons. The van der Waals surface area contributed by atoms with Gasteiger partial charge in [-0.2, -0.15) is 0 Å². The molecular formula is C9H20N2O3. The van der Waals surface area contributed by atoms with Crippen molar-refractivity contribution in [3.63, 3.8) is 0 Å². The molecule has 0 heterocycles. The van der Waals surface area contributed by atoms with E-state index in [1.54, 1.807) is 14.1 Å². The second-order valence-corrected chi connectivity index (χ2v) is 3.12. The standard InChI is InChI=1S/C9H20N2O3/c1-10-9(11-2)8(13)5-4-7(12)6-14-3/h7,9-12H,4-6H2,1-3H3. The lowest BCUT2D eigenvalue weighted by Crippen LogP contribution is -2.44. The van der Waals surface area contributed by atoms with Crippen LogP contribution in [0.1, 0.15) is 12.8 Å². The molecule has 0 rings (SSSR count). The normalized spacial score (nSPS) is 13.2. The molecule has 0 bridgehead atoms. The van der Waals surface area contributed by atoms with Crippen LogP contribution in [0, 0.1) is 0 Å². The molecule has 0 aromatic rings. The van der Waals surface area contributed by atoms with Crippen LogP contribution in [-0.2, 0) is 9.53 Å². The zero-order valence-electron chi connectivity index (χ0n) is 9.04. The third-order valence-corrected chi connectivity index (χ3v) is 1.98. The van der Waals surface area contributed by atoms with Gasteiger partial charge in [0.2, 0.25) is 0 Å². The zero-order valence-corrected chi connectivity index (χ0v) is 9.04. The van der Waals surface area contributed by atoms with Gasteiger partial charge in [0.05, 0.1) is 12.7 Å². The third-order valence-electron chi connectivity index (χ3n) is 1.98. The van der Waals surface area contributed by atoms with Crippen molar-refractivity contribution in [1.29, 1.82) is 0 Å². The van der Waals surface area contributed by atoms with Gasteiger partial charge in [0.15, 0.2) is 5.78 Å². The fourth-order valence-corrected chi connectivity index (χ4v) is 1.20. The number of aliphatic hydroxyl groups excluding tert-OH is 1. The van der Waals surface area contributed by atoms with Gasteiger partial charge in [-0.3, -0.25) is 15.4 Å². The molecule has 0 amide bonds. The van der Waals surface area contributed by atoms with Crippen LogP contribution in [0.5, 0.6) is 0 Å². The highest BCUT2D eigenvalue weighted by Crippen LogP contribution is 2.00. The Kier molecular flexibility index (Phi) is 7.60. The average Bonchev–Trinajstić information content (AvgIpc) is 2.17. The number of rotatable bonds is 8. The SMILES string of the molecule is CNC(NC)C(=O)CCC(O)COC. The van der Waals surface area contributed by atoms with E-state index in [0.717, 1.165) is 0 Å².